The van der Waals surface area contributed by atoms with Gasteiger partial charge in [-0.15, -0.1) is 22.7 Å². The van der Waals surface area contributed by atoms with Crippen molar-refractivity contribution in [2.45, 2.75) is 31.1 Å². The van der Waals surface area contributed by atoms with Crippen LogP contribution >= 0.6 is 22.7 Å². The Labute approximate surface area is 148 Å². The normalized spacial score (nSPS) is 18.0. The van der Waals surface area contributed by atoms with Gasteiger partial charge in [-0.25, -0.2) is 0 Å². The quantitative estimate of drug-likeness (QED) is 0.330. The molecule has 0 atom stereocenters. The van der Waals surface area contributed by atoms with Gasteiger partial charge in [-0.05, 0) is 37.1 Å². The van der Waals surface area contributed by atoms with Crippen LogP contribution in [0.4, 0.5) is 0 Å². The third-order valence-electron chi connectivity index (χ3n) is 5.63. The second kappa shape index (κ2) is 4.62. The number of thiophene rings is 2. The van der Waals surface area contributed by atoms with Gasteiger partial charge in [-0.2, -0.15) is 0 Å². The summed E-state index contributed by atoms with van der Waals surface area (Å²) in [6.07, 6.45) is 5.16. The first-order chi connectivity index (χ1) is 11.9. The Morgan fingerprint density at radius 2 is 1.21 bits per heavy atom. The smallest absolute Gasteiger partial charge is 0.150 e. The summed E-state index contributed by atoms with van der Waals surface area (Å²) in [5, 5.41) is 2.56. The summed E-state index contributed by atoms with van der Waals surface area (Å²) in [5.41, 5.74) is 0.191. The van der Waals surface area contributed by atoms with Crippen molar-refractivity contribution in [3.8, 4) is 11.5 Å². The van der Waals surface area contributed by atoms with E-state index in [1.165, 1.54) is 55.6 Å². The molecule has 6 rings (SSSR count). The molecule has 24 heavy (non-hydrogen) atoms. The molecule has 0 N–H and O–H groups in total. The zero-order valence-corrected chi connectivity index (χ0v) is 14.8. The summed E-state index contributed by atoms with van der Waals surface area (Å²) in [7, 11) is 0. The van der Waals surface area contributed by atoms with Crippen molar-refractivity contribution < 1.29 is 4.74 Å². The number of hydrogen-bond donors (Lipinski definition) is 0. The standard InChI is InChI=1S/C21H16OS2/c1-3-9-15-13(7-1)17-19(23-15)21(11-5-6-12-21)20-18(22-17)14-8-2-4-10-16(14)24-20/h1-4,7-10H,5-6,11-12H2. The molecule has 0 amide bonds. The summed E-state index contributed by atoms with van der Waals surface area (Å²) in [5.74, 6) is 2.27. The van der Waals surface area contributed by atoms with Crippen molar-refractivity contribution in [3.63, 3.8) is 0 Å². The monoisotopic (exact) mass is 348 g/mol. The first-order valence-electron chi connectivity index (χ1n) is 8.59. The highest BCUT2D eigenvalue weighted by Crippen LogP contribution is 2.63. The first kappa shape index (κ1) is 13.5. The van der Waals surface area contributed by atoms with Gasteiger partial charge in [0.1, 0.15) is 11.5 Å². The maximum absolute atomic E-state index is 6.59. The van der Waals surface area contributed by atoms with Gasteiger partial charge < -0.3 is 4.74 Å². The topological polar surface area (TPSA) is 9.23 Å². The van der Waals surface area contributed by atoms with E-state index in [9.17, 15) is 0 Å². The fraction of sp³-hybridized carbons (Fsp3) is 0.238. The van der Waals surface area contributed by atoms with Crippen molar-refractivity contribution in [3.05, 3.63) is 58.3 Å². The number of fused-ring (bicyclic) bond motifs is 8. The molecule has 1 fully saturated rings. The lowest BCUT2D eigenvalue weighted by Crippen LogP contribution is -2.25. The minimum atomic E-state index is 0.191. The highest BCUT2D eigenvalue weighted by Gasteiger charge is 2.48. The van der Waals surface area contributed by atoms with E-state index in [1.807, 2.05) is 22.7 Å². The van der Waals surface area contributed by atoms with E-state index in [2.05, 4.69) is 48.5 Å². The van der Waals surface area contributed by atoms with Crippen LogP contribution in [-0.4, -0.2) is 0 Å². The molecule has 4 aromatic rings. The van der Waals surface area contributed by atoms with Gasteiger partial charge in [0.05, 0.1) is 9.75 Å². The number of ether oxygens (including phenoxy) is 1. The Kier molecular flexibility index (Phi) is 2.59. The van der Waals surface area contributed by atoms with Gasteiger partial charge in [0.15, 0.2) is 0 Å². The van der Waals surface area contributed by atoms with E-state index in [-0.39, 0.29) is 5.41 Å². The fourth-order valence-corrected chi connectivity index (χ4v) is 7.35. The van der Waals surface area contributed by atoms with Crippen molar-refractivity contribution in [1.82, 2.24) is 0 Å². The molecule has 0 saturated heterocycles. The van der Waals surface area contributed by atoms with Crippen LogP contribution in [0.1, 0.15) is 35.4 Å². The number of benzene rings is 2. The lowest BCUT2D eigenvalue weighted by atomic mass is 9.80. The van der Waals surface area contributed by atoms with E-state index in [4.69, 9.17) is 4.74 Å². The van der Waals surface area contributed by atoms with Crippen LogP contribution < -0.4 is 4.74 Å². The lowest BCUT2D eigenvalue weighted by molar-refractivity contribution is 0.417. The Balaban J connectivity index is 1.74. The van der Waals surface area contributed by atoms with Crippen LogP contribution in [-0.2, 0) is 5.41 Å². The van der Waals surface area contributed by atoms with E-state index < -0.39 is 0 Å². The molecule has 1 spiro atoms. The molecule has 0 unspecified atom stereocenters. The van der Waals surface area contributed by atoms with Crippen molar-refractivity contribution in [2.24, 2.45) is 0 Å². The zero-order valence-electron chi connectivity index (χ0n) is 13.2. The first-order valence-corrected chi connectivity index (χ1v) is 10.2. The second-order valence-corrected chi connectivity index (χ2v) is 9.01. The minimum Gasteiger partial charge on any atom is -0.454 e. The van der Waals surface area contributed by atoms with Crippen LogP contribution in [0, 0.1) is 0 Å². The van der Waals surface area contributed by atoms with Gasteiger partial charge in [0.25, 0.3) is 0 Å². The highest BCUT2D eigenvalue weighted by molar-refractivity contribution is 7.21. The molecular weight excluding hydrogens is 332 g/mol. The largest absolute Gasteiger partial charge is 0.454 e. The van der Waals surface area contributed by atoms with Gasteiger partial charge in [0.2, 0.25) is 0 Å². The van der Waals surface area contributed by atoms with Crippen molar-refractivity contribution in [1.29, 1.82) is 0 Å². The summed E-state index contributed by atoms with van der Waals surface area (Å²) < 4.78 is 9.30. The maximum Gasteiger partial charge on any atom is 0.150 e. The zero-order chi connectivity index (χ0) is 15.7. The molecule has 1 aliphatic carbocycles. The Morgan fingerprint density at radius 3 is 1.75 bits per heavy atom. The van der Waals surface area contributed by atoms with Crippen LogP contribution in [0.25, 0.3) is 20.2 Å². The van der Waals surface area contributed by atoms with Crippen LogP contribution in [0.5, 0.6) is 11.5 Å². The van der Waals surface area contributed by atoms with Crippen molar-refractivity contribution >= 4 is 42.8 Å². The third-order valence-corrected chi connectivity index (χ3v) is 8.34. The summed E-state index contributed by atoms with van der Waals surface area (Å²) in [4.78, 5) is 2.94. The van der Waals surface area contributed by atoms with E-state index in [1.54, 1.807) is 0 Å². The molecule has 2 aromatic heterocycles. The van der Waals surface area contributed by atoms with Gasteiger partial charge in [-0.3, -0.25) is 0 Å². The van der Waals surface area contributed by atoms with E-state index in [0.717, 1.165) is 11.5 Å². The average molecular weight is 348 g/mol. The van der Waals surface area contributed by atoms with Crippen LogP contribution in [0.3, 0.4) is 0 Å². The second-order valence-electron chi connectivity index (χ2n) is 6.90. The molecule has 3 heterocycles. The predicted octanol–water partition coefficient (Wildman–Crippen LogP) is 7.08. The SMILES string of the molecule is c1ccc2c3c(sc2c1)C1(CCCC1)c1sc2ccccc2c1O3. The molecule has 2 aliphatic rings. The molecule has 0 bridgehead atoms. The average Bonchev–Trinajstić information content (AvgIpc) is 3.32. The molecule has 1 nitrogen and oxygen atoms in total. The molecule has 118 valence electrons. The summed E-state index contributed by atoms with van der Waals surface area (Å²) in [6, 6.07) is 17.4. The maximum atomic E-state index is 6.59. The van der Waals surface area contributed by atoms with Crippen LogP contribution in [0.15, 0.2) is 48.5 Å². The number of hydrogen-bond acceptors (Lipinski definition) is 3. The molecule has 1 saturated carbocycles. The Morgan fingerprint density at radius 1 is 0.708 bits per heavy atom. The fourth-order valence-electron chi connectivity index (χ4n) is 4.51. The van der Waals surface area contributed by atoms with Gasteiger partial charge in [0, 0.05) is 25.6 Å². The molecular formula is C21H16OS2. The van der Waals surface area contributed by atoms with Gasteiger partial charge in [-0.1, -0.05) is 37.1 Å². The third kappa shape index (κ3) is 1.55. The molecule has 2 aromatic carbocycles. The molecule has 0 radical (unpaired) electrons. The Hall–Kier alpha value is -1.84. The molecule has 1 aliphatic heterocycles. The van der Waals surface area contributed by atoms with E-state index in [0.29, 0.717) is 0 Å². The lowest BCUT2D eigenvalue weighted by Gasteiger charge is -2.33. The van der Waals surface area contributed by atoms with Gasteiger partial charge >= 0.3 is 0 Å². The minimum absolute atomic E-state index is 0.191. The Bertz CT molecular complexity index is 1010. The number of rotatable bonds is 0. The van der Waals surface area contributed by atoms with E-state index >= 15 is 0 Å². The predicted molar refractivity (Wildman–Crippen MR) is 103 cm³/mol. The van der Waals surface area contributed by atoms with Crippen LogP contribution in [0.2, 0.25) is 0 Å². The molecule has 3 heteroatoms. The summed E-state index contributed by atoms with van der Waals surface area (Å²) >= 11 is 3.90. The van der Waals surface area contributed by atoms with Crippen molar-refractivity contribution in [2.75, 3.05) is 0 Å². The summed E-state index contributed by atoms with van der Waals surface area (Å²) in [6.45, 7) is 0. The highest BCUT2D eigenvalue weighted by atomic mass is 32.1.